The monoisotopic (exact) mass is 297 g/mol. The fourth-order valence-electron chi connectivity index (χ4n) is 1.55. The van der Waals surface area contributed by atoms with E-state index in [0.29, 0.717) is 12.6 Å². The molecule has 0 amide bonds. The van der Waals surface area contributed by atoms with Crippen molar-refractivity contribution in [3.63, 3.8) is 0 Å². The van der Waals surface area contributed by atoms with E-state index in [9.17, 15) is 0 Å². The number of aromatic nitrogens is 2. The molecule has 0 saturated heterocycles. The van der Waals surface area contributed by atoms with Gasteiger partial charge in [0, 0.05) is 24.3 Å². The molecule has 2 heterocycles. The Morgan fingerprint density at radius 1 is 1.53 bits per heavy atom. The molecule has 0 aromatic carbocycles. The molecule has 4 nitrogen and oxygen atoms in total. The third-order valence-corrected chi connectivity index (χ3v) is 2.86. The van der Waals surface area contributed by atoms with Gasteiger partial charge in [0.05, 0.1) is 23.5 Å². The molecule has 0 aliphatic rings. The summed E-state index contributed by atoms with van der Waals surface area (Å²) in [5.41, 5.74) is 1.19. The highest BCUT2D eigenvalue weighted by atomic mass is 79.9. The Morgan fingerprint density at radius 3 is 3.00 bits per heavy atom. The third-order valence-electron chi connectivity index (χ3n) is 2.45. The Bertz CT molecular complexity index is 476. The Kier molecular flexibility index (Phi) is 4.02. The summed E-state index contributed by atoms with van der Waals surface area (Å²) in [7, 11) is 0. The number of hydrogen-bond acceptors (Lipinski definition) is 3. The zero-order valence-corrected chi connectivity index (χ0v) is 11.6. The van der Waals surface area contributed by atoms with Crippen molar-refractivity contribution in [1.29, 1.82) is 0 Å². The summed E-state index contributed by atoms with van der Waals surface area (Å²) in [6, 6.07) is 2.47. The molecular weight excluding hydrogens is 282 g/mol. The fraction of sp³-hybridized carbons (Fsp3) is 0.417. The van der Waals surface area contributed by atoms with Crippen LogP contribution in [0.15, 0.2) is 33.6 Å². The van der Waals surface area contributed by atoms with Gasteiger partial charge < -0.3 is 9.73 Å². The van der Waals surface area contributed by atoms with Crippen molar-refractivity contribution in [3.05, 3.63) is 40.5 Å². The van der Waals surface area contributed by atoms with Crippen LogP contribution in [-0.4, -0.2) is 15.8 Å². The van der Waals surface area contributed by atoms with E-state index in [1.807, 2.05) is 16.9 Å². The number of nitrogens with zero attached hydrogens (tertiary/aromatic N) is 2. The Morgan fingerprint density at radius 2 is 2.35 bits per heavy atom. The van der Waals surface area contributed by atoms with Crippen LogP contribution in [0.5, 0.6) is 0 Å². The number of nitrogens with one attached hydrogen (secondary N) is 1. The van der Waals surface area contributed by atoms with Gasteiger partial charge in [0.1, 0.15) is 5.76 Å². The molecule has 0 fully saturated rings. The molecule has 0 aliphatic carbocycles. The minimum atomic E-state index is 0.469. The zero-order valence-electron chi connectivity index (χ0n) is 9.98. The lowest BCUT2D eigenvalue weighted by molar-refractivity contribution is 0.470. The summed E-state index contributed by atoms with van der Waals surface area (Å²) in [5.74, 6) is 0.953. The molecule has 2 rings (SSSR count). The average molecular weight is 298 g/mol. The molecule has 0 aliphatic heterocycles. The first kappa shape index (κ1) is 12.4. The second-order valence-corrected chi connectivity index (χ2v) is 5.18. The van der Waals surface area contributed by atoms with E-state index in [-0.39, 0.29) is 0 Å². The van der Waals surface area contributed by atoms with Crippen LogP contribution in [0, 0.1) is 0 Å². The van der Waals surface area contributed by atoms with Crippen LogP contribution in [0.25, 0.3) is 0 Å². The summed E-state index contributed by atoms with van der Waals surface area (Å²) < 4.78 is 8.32. The molecule has 17 heavy (non-hydrogen) atoms. The van der Waals surface area contributed by atoms with Crippen molar-refractivity contribution in [2.75, 3.05) is 0 Å². The first-order valence-corrected chi connectivity index (χ1v) is 6.41. The van der Waals surface area contributed by atoms with Crippen LogP contribution in [0.3, 0.4) is 0 Å². The van der Waals surface area contributed by atoms with E-state index in [2.05, 4.69) is 40.2 Å². The highest BCUT2D eigenvalue weighted by Gasteiger charge is 2.08. The number of halogens is 1. The number of hydrogen-bond donors (Lipinski definition) is 1. The normalized spacial score (nSPS) is 11.3. The predicted octanol–water partition coefficient (Wildman–Crippen LogP) is 2.78. The molecule has 92 valence electrons. The molecule has 0 radical (unpaired) electrons. The largest absolute Gasteiger partial charge is 0.467 e. The van der Waals surface area contributed by atoms with Crippen LogP contribution in [0.1, 0.15) is 25.2 Å². The van der Waals surface area contributed by atoms with Gasteiger partial charge in [0.25, 0.3) is 0 Å². The van der Waals surface area contributed by atoms with Gasteiger partial charge in [0.2, 0.25) is 0 Å². The van der Waals surface area contributed by atoms with Crippen molar-refractivity contribution in [1.82, 2.24) is 15.1 Å². The maximum atomic E-state index is 5.49. The predicted molar refractivity (Wildman–Crippen MR) is 69.7 cm³/mol. The Balaban J connectivity index is 2.03. The van der Waals surface area contributed by atoms with Gasteiger partial charge in [-0.05, 0) is 22.0 Å². The molecule has 5 heteroatoms. The van der Waals surface area contributed by atoms with Crippen LogP contribution < -0.4 is 5.32 Å². The topological polar surface area (TPSA) is 43.0 Å². The van der Waals surface area contributed by atoms with Crippen molar-refractivity contribution in [2.45, 2.75) is 33.0 Å². The maximum absolute atomic E-state index is 5.49. The Hall–Kier alpha value is -1.07. The lowest BCUT2D eigenvalue weighted by Crippen LogP contribution is -2.22. The van der Waals surface area contributed by atoms with Gasteiger partial charge in [0.15, 0.2) is 0 Å². The van der Waals surface area contributed by atoms with E-state index >= 15 is 0 Å². The average Bonchev–Trinajstić information content (AvgIpc) is 2.86. The highest BCUT2D eigenvalue weighted by molar-refractivity contribution is 9.10. The van der Waals surface area contributed by atoms with E-state index in [4.69, 9.17) is 4.42 Å². The molecule has 0 saturated carbocycles. The van der Waals surface area contributed by atoms with E-state index in [0.717, 1.165) is 16.8 Å². The lowest BCUT2D eigenvalue weighted by Gasteiger charge is -2.08. The molecule has 2 aromatic heterocycles. The highest BCUT2D eigenvalue weighted by Crippen LogP contribution is 2.14. The van der Waals surface area contributed by atoms with Gasteiger partial charge in [-0.3, -0.25) is 4.68 Å². The zero-order chi connectivity index (χ0) is 12.3. The van der Waals surface area contributed by atoms with Crippen molar-refractivity contribution in [3.8, 4) is 0 Å². The molecular formula is C12H16BrN3O. The summed E-state index contributed by atoms with van der Waals surface area (Å²) in [6.45, 7) is 5.74. The first-order chi connectivity index (χ1) is 8.15. The van der Waals surface area contributed by atoms with Crippen LogP contribution in [0.4, 0.5) is 0 Å². The van der Waals surface area contributed by atoms with Gasteiger partial charge >= 0.3 is 0 Å². The van der Waals surface area contributed by atoms with Crippen LogP contribution >= 0.6 is 15.9 Å². The van der Waals surface area contributed by atoms with E-state index < -0.39 is 0 Å². The van der Waals surface area contributed by atoms with Gasteiger partial charge in [-0.25, -0.2) is 0 Å². The SMILES string of the molecule is CC(C)NCc1ccoc1Cn1cc(Br)cn1. The van der Waals surface area contributed by atoms with Crippen LogP contribution in [-0.2, 0) is 13.1 Å². The minimum absolute atomic E-state index is 0.469. The smallest absolute Gasteiger partial charge is 0.129 e. The van der Waals surface area contributed by atoms with Crippen molar-refractivity contribution < 1.29 is 4.42 Å². The van der Waals surface area contributed by atoms with Gasteiger partial charge in [-0.15, -0.1) is 0 Å². The van der Waals surface area contributed by atoms with Crippen molar-refractivity contribution >= 4 is 15.9 Å². The summed E-state index contributed by atoms with van der Waals surface area (Å²) in [6.07, 6.45) is 5.43. The van der Waals surface area contributed by atoms with Crippen molar-refractivity contribution in [2.24, 2.45) is 0 Å². The molecule has 0 spiro atoms. The molecule has 1 N–H and O–H groups in total. The minimum Gasteiger partial charge on any atom is -0.467 e. The second-order valence-electron chi connectivity index (χ2n) is 4.26. The maximum Gasteiger partial charge on any atom is 0.129 e. The van der Waals surface area contributed by atoms with E-state index in [1.165, 1.54) is 5.56 Å². The lowest BCUT2D eigenvalue weighted by atomic mass is 10.2. The van der Waals surface area contributed by atoms with Gasteiger partial charge in [-0.1, -0.05) is 13.8 Å². The standard InChI is InChI=1S/C12H16BrN3O/c1-9(2)14-5-10-3-4-17-12(10)8-16-7-11(13)6-15-16/h3-4,6-7,9,14H,5,8H2,1-2H3. The first-order valence-electron chi connectivity index (χ1n) is 5.61. The summed E-state index contributed by atoms with van der Waals surface area (Å²) in [5, 5.41) is 7.60. The van der Waals surface area contributed by atoms with Gasteiger partial charge in [-0.2, -0.15) is 5.10 Å². The Labute approximate surface area is 109 Å². The molecule has 2 aromatic rings. The fourth-order valence-corrected chi connectivity index (χ4v) is 1.88. The molecule has 0 atom stereocenters. The van der Waals surface area contributed by atoms with Crippen LogP contribution in [0.2, 0.25) is 0 Å². The summed E-state index contributed by atoms with van der Waals surface area (Å²) >= 11 is 3.38. The van der Waals surface area contributed by atoms with E-state index in [1.54, 1.807) is 12.5 Å². The number of rotatable bonds is 5. The second kappa shape index (κ2) is 5.51. The third kappa shape index (κ3) is 3.44. The summed E-state index contributed by atoms with van der Waals surface area (Å²) in [4.78, 5) is 0. The molecule has 0 bridgehead atoms. The molecule has 0 unspecified atom stereocenters. The quantitative estimate of drug-likeness (QED) is 0.923. The number of furan rings is 1.